The molecule has 5 aliphatic rings. The normalized spacial score (nSPS) is 37.6. The van der Waals surface area contributed by atoms with Gasteiger partial charge in [-0.25, -0.2) is 0 Å². The number of ether oxygens (including phenoxy) is 2. The van der Waals surface area contributed by atoms with Crippen molar-refractivity contribution in [3.8, 4) is 11.5 Å². The zero-order valence-electron chi connectivity index (χ0n) is 24.2. The van der Waals surface area contributed by atoms with Crippen LogP contribution in [0.3, 0.4) is 0 Å². The van der Waals surface area contributed by atoms with Crippen LogP contribution in [0.2, 0.25) is 0 Å². The van der Waals surface area contributed by atoms with E-state index in [-0.39, 0.29) is 16.9 Å². The van der Waals surface area contributed by atoms with E-state index in [4.69, 9.17) is 9.47 Å². The van der Waals surface area contributed by atoms with Crippen molar-refractivity contribution in [1.82, 2.24) is 4.90 Å². The zero-order valence-corrected chi connectivity index (χ0v) is 24.2. The maximum Gasteiger partial charge on any atom is 0.165 e. The highest BCUT2D eigenvalue weighted by Gasteiger charge is 2.59. The van der Waals surface area contributed by atoms with Crippen molar-refractivity contribution in [2.24, 2.45) is 28.6 Å². The molecule has 5 nitrogen and oxygen atoms in total. The predicted molar refractivity (Wildman–Crippen MR) is 155 cm³/mol. The smallest absolute Gasteiger partial charge is 0.165 e. The summed E-state index contributed by atoms with van der Waals surface area (Å²) in [4.78, 5) is 16.4. The van der Waals surface area contributed by atoms with Crippen LogP contribution in [0.15, 0.2) is 35.4 Å². The van der Waals surface area contributed by atoms with Gasteiger partial charge in [0.25, 0.3) is 0 Å². The molecule has 3 unspecified atom stereocenters. The number of carbonyl (C=O) groups excluding carboxylic acids is 1. The van der Waals surface area contributed by atoms with Crippen molar-refractivity contribution in [2.75, 3.05) is 33.4 Å². The van der Waals surface area contributed by atoms with Gasteiger partial charge in [-0.15, -0.1) is 0 Å². The zero-order chi connectivity index (χ0) is 27.2. The van der Waals surface area contributed by atoms with Gasteiger partial charge in [0.1, 0.15) is 6.61 Å². The Morgan fingerprint density at radius 3 is 2.62 bits per heavy atom. The van der Waals surface area contributed by atoms with Crippen LogP contribution in [-0.2, 0) is 4.79 Å². The van der Waals surface area contributed by atoms with E-state index < -0.39 is 0 Å². The first-order valence-corrected chi connectivity index (χ1v) is 15.5. The standard InChI is InChI=1S/C34H47NO4/c1-33-13-11-26(36)22-25(33)8-9-27-28(33)12-14-34(2)29(27)21-24(32(34)37)19-23-7-10-30(31(20-23)38-3)39-18-17-35-15-5-4-6-16-35/h7-8,10,19-20,26-29,36H,4-6,9,11-18,21-22H2,1-3H3/b24-19+/t26-,27?,28?,29?,33-,34-/m0/s1. The number of hydrogen-bond donors (Lipinski definition) is 1. The van der Waals surface area contributed by atoms with Gasteiger partial charge in [0.2, 0.25) is 0 Å². The Morgan fingerprint density at radius 1 is 1.03 bits per heavy atom. The summed E-state index contributed by atoms with van der Waals surface area (Å²) in [5.41, 5.74) is 3.40. The molecule has 1 aromatic carbocycles. The number of rotatable bonds is 6. The number of fused-ring (bicyclic) bond motifs is 5. The molecule has 5 heteroatoms. The minimum atomic E-state index is -0.259. The number of aliphatic hydroxyl groups is 1. The second-order valence-electron chi connectivity index (χ2n) is 13.5. The van der Waals surface area contributed by atoms with Crippen LogP contribution in [-0.4, -0.2) is 55.2 Å². The minimum absolute atomic E-state index is 0.180. The van der Waals surface area contributed by atoms with Crippen LogP contribution < -0.4 is 9.47 Å². The number of allylic oxidation sites excluding steroid dienone is 2. The molecule has 1 saturated heterocycles. The molecule has 1 aliphatic heterocycles. The molecule has 4 aliphatic carbocycles. The Bertz CT molecular complexity index is 1150. The SMILES string of the molecule is COc1cc(/C=C2\CC3C4CC=C5C[C@@H](O)CC[C@]5(C)C4CC[C@]3(C)C2=O)ccc1OCCN1CCCCC1. The number of methoxy groups -OCH3 is 1. The van der Waals surface area contributed by atoms with Crippen LogP contribution in [0.4, 0.5) is 0 Å². The molecular weight excluding hydrogens is 486 g/mol. The number of aliphatic hydroxyl groups excluding tert-OH is 1. The number of ketones is 1. The van der Waals surface area contributed by atoms with Crippen molar-refractivity contribution in [3.05, 3.63) is 41.0 Å². The maximum atomic E-state index is 13.9. The van der Waals surface area contributed by atoms with Gasteiger partial charge in [-0.05, 0) is 123 Å². The Balaban J connectivity index is 1.18. The van der Waals surface area contributed by atoms with E-state index in [1.807, 2.05) is 12.1 Å². The molecule has 6 atom stereocenters. The number of hydrogen-bond acceptors (Lipinski definition) is 5. The van der Waals surface area contributed by atoms with Gasteiger partial charge in [-0.1, -0.05) is 38.0 Å². The van der Waals surface area contributed by atoms with Gasteiger partial charge in [-0.3, -0.25) is 9.69 Å². The highest BCUT2D eigenvalue weighted by Crippen LogP contribution is 2.64. The largest absolute Gasteiger partial charge is 0.493 e. The van der Waals surface area contributed by atoms with Gasteiger partial charge in [0.05, 0.1) is 13.2 Å². The number of nitrogens with zero attached hydrogens (tertiary/aromatic N) is 1. The van der Waals surface area contributed by atoms with Crippen LogP contribution in [0.25, 0.3) is 6.08 Å². The highest BCUT2D eigenvalue weighted by molar-refractivity contribution is 6.06. The lowest BCUT2D eigenvalue weighted by atomic mass is 9.48. The van der Waals surface area contributed by atoms with E-state index in [1.54, 1.807) is 7.11 Å². The molecule has 212 valence electrons. The van der Waals surface area contributed by atoms with Crippen molar-refractivity contribution in [3.63, 3.8) is 0 Å². The predicted octanol–water partition coefficient (Wildman–Crippen LogP) is 6.45. The van der Waals surface area contributed by atoms with Gasteiger partial charge >= 0.3 is 0 Å². The van der Waals surface area contributed by atoms with Gasteiger partial charge in [-0.2, -0.15) is 0 Å². The third kappa shape index (κ3) is 4.88. The van der Waals surface area contributed by atoms with Crippen LogP contribution >= 0.6 is 0 Å². The number of benzene rings is 1. The van der Waals surface area contributed by atoms with E-state index in [0.29, 0.717) is 30.1 Å². The average Bonchev–Trinajstić information content (AvgIpc) is 3.20. The summed E-state index contributed by atoms with van der Waals surface area (Å²) in [6.45, 7) is 8.63. The van der Waals surface area contributed by atoms with E-state index in [2.05, 4.69) is 37.0 Å². The van der Waals surface area contributed by atoms with Crippen molar-refractivity contribution < 1.29 is 19.4 Å². The fourth-order valence-corrected chi connectivity index (χ4v) is 9.00. The van der Waals surface area contributed by atoms with Crippen molar-refractivity contribution in [2.45, 2.75) is 84.2 Å². The fraction of sp³-hybridized carbons (Fsp3) is 0.676. The summed E-state index contributed by atoms with van der Waals surface area (Å²) in [5, 5.41) is 10.3. The molecule has 4 fully saturated rings. The molecular formula is C34H47NO4. The Hall–Kier alpha value is -2.11. The molecule has 0 aromatic heterocycles. The van der Waals surface area contributed by atoms with Crippen LogP contribution in [0.1, 0.15) is 83.6 Å². The lowest BCUT2D eigenvalue weighted by molar-refractivity contribution is -0.130. The molecule has 3 saturated carbocycles. The quantitative estimate of drug-likeness (QED) is 0.337. The molecule has 0 amide bonds. The molecule has 1 heterocycles. The van der Waals surface area contributed by atoms with Crippen LogP contribution in [0.5, 0.6) is 11.5 Å². The third-order valence-corrected chi connectivity index (χ3v) is 11.4. The third-order valence-electron chi connectivity index (χ3n) is 11.4. The minimum Gasteiger partial charge on any atom is -0.493 e. The van der Waals surface area contributed by atoms with E-state index in [9.17, 15) is 9.90 Å². The maximum absolute atomic E-state index is 13.9. The molecule has 1 N–H and O–H groups in total. The van der Waals surface area contributed by atoms with Gasteiger partial charge in [0, 0.05) is 12.0 Å². The average molecular weight is 534 g/mol. The fourth-order valence-electron chi connectivity index (χ4n) is 9.00. The molecule has 6 rings (SSSR count). The topological polar surface area (TPSA) is 59.0 Å². The first kappa shape index (κ1) is 27.1. The Kier molecular flexibility index (Phi) is 7.43. The number of piperidine rings is 1. The second-order valence-corrected chi connectivity index (χ2v) is 13.5. The van der Waals surface area contributed by atoms with Gasteiger partial charge < -0.3 is 14.6 Å². The van der Waals surface area contributed by atoms with Crippen molar-refractivity contribution >= 4 is 11.9 Å². The summed E-state index contributed by atoms with van der Waals surface area (Å²) in [7, 11) is 1.69. The molecule has 0 spiro atoms. The number of Topliss-reactive ketones (excluding diaryl/α,β-unsaturated/α-hetero) is 1. The van der Waals surface area contributed by atoms with E-state index >= 15 is 0 Å². The van der Waals surface area contributed by atoms with Crippen LogP contribution in [0, 0.1) is 28.6 Å². The van der Waals surface area contributed by atoms with E-state index in [0.717, 1.165) is 74.1 Å². The number of carbonyl (C=O) groups is 1. The van der Waals surface area contributed by atoms with E-state index in [1.165, 1.54) is 37.9 Å². The first-order valence-electron chi connectivity index (χ1n) is 15.5. The Labute approximate surface area is 234 Å². The van der Waals surface area contributed by atoms with Gasteiger partial charge in [0.15, 0.2) is 17.3 Å². The van der Waals surface area contributed by atoms with Crippen molar-refractivity contribution in [1.29, 1.82) is 0 Å². The highest BCUT2D eigenvalue weighted by atomic mass is 16.5. The molecule has 0 bridgehead atoms. The molecule has 1 aromatic rings. The first-order chi connectivity index (χ1) is 18.8. The summed E-state index contributed by atoms with van der Waals surface area (Å²) in [5.74, 6) is 3.43. The molecule has 39 heavy (non-hydrogen) atoms. The Morgan fingerprint density at radius 2 is 1.82 bits per heavy atom. The molecule has 0 radical (unpaired) electrons. The summed E-state index contributed by atoms with van der Waals surface area (Å²) in [6, 6.07) is 6.08. The number of likely N-dealkylation sites (tertiary alicyclic amines) is 1. The summed E-state index contributed by atoms with van der Waals surface area (Å²) < 4.78 is 11.8. The lowest BCUT2D eigenvalue weighted by Gasteiger charge is -2.56. The summed E-state index contributed by atoms with van der Waals surface area (Å²) >= 11 is 0. The lowest BCUT2D eigenvalue weighted by Crippen LogP contribution is -2.50. The monoisotopic (exact) mass is 533 g/mol. The second kappa shape index (κ2) is 10.7. The summed E-state index contributed by atoms with van der Waals surface area (Å²) in [6.07, 6.45) is 15.1.